The van der Waals surface area contributed by atoms with Crippen molar-refractivity contribution in [2.75, 3.05) is 26.2 Å². The molecule has 1 saturated heterocycles. The van der Waals surface area contributed by atoms with Crippen LogP contribution in [0.1, 0.15) is 24.8 Å². The molecule has 1 heterocycles. The number of aliphatic imine (C=N–C) groups is 1. The van der Waals surface area contributed by atoms with Crippen LogP contribution >= 0.6 is 0 Å². The second-order valence-electron chi connectivity index (χ2n) is 4.35. The number of hydrogen-bond donors (Lipinski definition) is 0. The van der Waals surface area contributed by atoms with Gasteiger partial charge in [0.1, 0.15) is 0 Å². The molecule has 0 aromatic heterocycles. The largest absolute Gasteiger partial charge is 0.301 e. The molecule has 2 rings (SSSR count). The van der Waals surface area contributed by atoms with Gasteiger partial charge in [-0.25, -0.2) is 0 Å². The minimum absolute atomic E-state index is 0.925. The lowest BCUT2D eigenvalue weighted by atomic mass is 10.1. The summed E-state index contributed by atoms with van der Waals surface area (Å²) in [5.74, 6) is 0. The third-order valence-corrected chi connectivity index (χ3v) is 3.03. The van der Waals surface area contributed by atoms with Crippen molar-refractivity contribution in [3.05, 3.63) is 35.9 Å². The van der Waals surface area contributed by atoms with Crippen molar-refractivity contribution in [3.8, 4) is 0 Å². The van der Waals surface area contributed by atoms with E-state index < -0.39 is 0 Å². The van der Waals surface area contributed by atoms with E-state index in [1.807, 2.05) is 24.4 Å². The maximum absolute atomic E-state index is 4.47. The second-order valence-corrected chi connectivity index (χ2v) is 4.35. The molecule has 0 aliphatic carbocycles. The van der Waals surface area contributed by atoms with Crippen molar-refractivity contribution in [1.29, 1.82) is 0 Å². The zero-order valence-electron chi connectivity index (χ0n) is 9.81. The Morgan fingerprint density at radius 2 is 1.81 bits per heavy atom. The molecule has 1 aliphatic heterocycles. The third-order valence-electron chi connectivity index (χ3n) is 3.03. The number of nitrogens with zero attached hydrogens (tertiary/aromatic N) is 2. The van der Waals surface area contributed by atoms with Crippen LogP contribution in [0.25, 0.3) is 0 Å². The van der Waals surface area contributed by atoms with Gasteiger partial charge in [-0.15, -0.1) is 0 Å². The van der Waals surface area contributed by atoms with Gasteiger partial charge in [0.05, 0.1) is 6.54 Å². The van der Waals surface area contributed by atoms with E-state index in [2.05, 4.69) is 22.0 Å². The molecule has 0 bridgehead atoms. The monoisotopic (exact) mass is 216 g/mol. The van der Waals surface area contributed by atoms with E-state index >= 15 is 0 Å². The molecule has 0 unspecified atom stereocenters. The Bertz CT molecular complexity index is 313. The van der Waals surface area contributed by atoms with Crippen LogP contribution in [0.4, 0.5) is 0 Å². The third kappa shape index (κ3) is 3.78. The summed E-state index contributed by atoms with van der Waals surface area (Å²) in [5.41, 5.74) is 1.20. The van der Waals surface area contributed by atoms with E-state index in [0.717, 1.165) is 13.1 Å². The van der Waals surface area contributed by atoms with E-state index in [9.17, 15) is 0 Å². The van der Waals surface area contributed by atoms with Gasteiger partial charge in [0.15, 0.2) is 0 Å². The summed E-state index contributed by atoms with van der Waals surface area (Å²) in [4.78, 5) is 6.99. The van der Waals surface area contributed by atoms with Crippen LogP contribution in [0.15, 0.2) is 35.3 Å². The normalized spacial score (nSPS) is 18.0. The Morgan fingerprint density at radius 3 is 2.56 bits per heavy atom. The van der Waals surface area contributed by atoms with E-state index in [1.165, 1.54) is 37.9 Å². The highest BCUT2D eigenvalue weighted by Gasteiger charge is 2.08. The molecule has 0 spiro atoms. The van der Waals surface area contributed by atoms with E-state index in [0.29, 0.717) is 0 Å². The lowest BCUT2D eigenvalue weighted by Crippen LogP contribution is -2.31. The molecular weight excluding hydrogens is 196 g/mol. The molecule has 0 atom stereocenters. The van der Waals surface area contributed by atoms with Crippen molar-refractivity contribution in [2.24, 2.45) is 4.99 Å². The first-order valence-electron chi connectivity index (χ1n) is 6.22. The summed E-state index contributed by atoms with van der Waals surface area (Å²) >= 11 is 0. The van der Waals surface area contributed by atoms with Crippen LogP contribution < -0.4 is 0 Å². The van der Waals surface area contributed by atoms with Crippen LogP contribution in [0.3, 0.4) is 0 Å². The first kappa shape index (κ1) is 11.3. The Labute approximate surface area is 98.0 Å². The van der Waals surface area contributed by atoms with Gasteiger partial charge < -0.3 is 4.90 Å². The van der Waals surface area contributed by atoms with Crippen LogP contribution in [-0.2, 0) is 0 Å². The zero-order valence-corrected chi connectivity index (χ0v) is 9.81. The topological polar surface area (TPSA) is 15.6 Å². The summed E-state index contributed by atoms with van der Waals surface area (Å²) in [7, 11) is 0. The predicted octanol–water partition coefficient (Wildman–Crippen LogP) is 2.59. The van der Waals surface area contributed by atoms with E-state index in [1.54, 1.807) is 0 Å². The fourth-order valence-electron chi connectivity index (χ4n) is 2.09. The van der Waals surface area contributed by atoms with Crippen molar-refractivity contribution in [1.82, 2.24) is 4.90 Å². The van der Waals surface area contributed by atoms with Gasteiger partial charge >= 0.3 is 0 Å². The summed E-state index contributed by atoms with van der Waals surface area (Å²) < 4.78 is 0. The summed E-state index contributed by atoms with van der Waals surface area (Å²) in [6.07, 6.45) is 6.11. The number of benzene rings is 1. The van der Waals surface area contributed by atoms with Gasteiger partial charge in [0.25, 0.3) is 0 Å². The summed E-state index contributed by atoms with van der Waals surface area (Å²) in [6.45, 7) is 4.57. The molecule has 1 aliphatic rings. The van der Waals surface area contributed by atoms with E-state index in [-0.39, 0.29) is 0 Å². The number of rotatable bonds is 4. The molecule has 0 saturated carbocycles. The lowest BCUT2D eigenvalue weighted by Gasteiger charge is -2.25. The number of likely N-dealkylation sites (tertiary alicyclic amines) is 1. The Kier molecular flexibility index (Phi) is 4.56. The highest BCUT2D eigenvalue weighted by atomic mass is 15.1. The molecule has 1 aromatic rings. The maximum atomic E-state index is 4.47. The summed E-state index contributed by atoms with van der Waals surface area (Å²) in [6, 6.07) is 10.3. The Hall–Kier alpha value is -1.15. The molecule has 16 heavy (non-hydrogen) atoms. The van der Waals surface area contributed by atoms with Crippen molar-refractivity contribution >= 4 is 6.21 Å². The SMILES string of the molecule is C(=NCCN1CCCCC1)c1ccccc1. The van der Waals surface area contributed by atoms with Crippen LogP contribution in [0.5, 0.6) is 0 Å². The van der Waals surface area contributed by atoms with Gasteiger partial charge in [-0.3, -0.25) is 4.99 Å². The molecule has 1 fully saturated rings. The van der Waals surface area contributed by atoms with E-state index in [4.69, 9.17) is 0 Å². The fraction of sp³-hybridized carbons (Fsp3) is 0.500. The summed E-state index contributed by atoms with van der Waals surface area (Å²) in [5, 5.41) is 0. The standard InChI is InChI=1S/C14H20N2/c1-3-7-14(8-4-1)13-15-9-12-16-10-5-2-6-11-16/h1,3-4,7-8,13H,2,5-6,9-12H2. The number of piperidine rings is 1. The predicted molar refractivity (Wildman–Crippen MR) is 69.2 cm³/mol. The zero-order chi connectivity index (χ0) is 11.1. The van der Waals surface area contributed by atoms with Crippen LogP contribution in [0, 0.1) is 0 Å². The number of hydrogen-bond acceptors (Lipinski definition) is 2. The van der Waals surface area contributed by atoms with Crippen LogP contribution in [0.2, 0.25) is 0 Å². The van der Waals surface area contributed by atoms with Gasteiger partial charge in [-0.05, 0) is 31.5 Å². The molecule has 1 aromatic carbocycles. The molecule has 2 nitrogen and oxygen atoms in total. The molecule has 0 amide bonds. The highest BCUT2D eigenvalue weighted by Crippen LogP contribution is 2.07. The van der Waals surface area contributed by atoms with Gasteiger partial charge in [0.2, 0.25) is 0 Å². The molecule has 86 valence electrons. The Morgan fingerprint density at radius 1 is 1.06 bits per heavy atom. The quantitative estimate of drug-likeness (QED) is 0.706. The molecular formula is C14H20N2. The van der Waals surface area contributed by atoms with Gasteiger partial charge in [0, 0.05) is 12.8 Å². The smallest absolute Gasteiger partial charge is 0.0517 e. The van der Waals surface area contributed by atoms with Gasteiger partial charge in [-0.1, -0.05) is 36.8 Å². The van der Waals surface area contributed by atoms with Crippen molar-refractivity contribution in [3.63, 3.8) is 0 Å². The second kappa shape index (κ2) is 6.44. The first-order chi connectivity index (χ1) is 7.95. The maximum Gasteiger partial charge on any atom is 0.0517 e. The fourth-order valence-corrected chi connectivity index (χ4v) is 2.09. The van der Waals surface area contributed by atoms with Gasteiger partial charge in [-0.2, -0.15) is 0 Å². The minimum atomic E-state index is 0.925. The van der Waals surface area contributed by atoms with Crippen LogP contribution in [-0.4, -0.2) is 37.3 Å². The molecule has 0 radical (unpaired) electrons. The first-order valence-corrected chi connectivity index (χ1v) is 6.22. The molecule has 0 N–H and O–H groups in total. The van der Waals surface area contributed by atoms with Crippen molar-refractivity contribution in [2.45, 2.75) is 19.3 Å². The molecule has 2 heteroatoms. The lowest BCUT2D eigenvalue weighted by molar-refractivity contribution is 0.235. The highest BCUT2D eigenvalue weighted by molar-refractivity contribution is 5.79. The Balaban J connectivity index is 1.69. The minimum Gasteiger partial charge on any atom is -0.301 e. The average molecular weight is 216 g/mol. The average Bonchev–Trinajstić information content (AvgIpc) is 2.37. The van der Waals surface area contributed by atoms with Crippen molar-refractivity contribution < 1.29 is 0 Å².